The van der Waals surface area contributed by atoms with E-state index >= 15 is 0 Å². The highest BCUT2D eigenvalue weighted by Gasteiger charge is 2.17. The highest BCUT2D eigenvalue weighted by atomic mass is 16.3. The molecule has 4 heteroatoms. The Labute approximate surface area is 415 Å². The van der Waals surface area contributed by atoms with Crippen LogP contribution in [-0.4, -0.2) is 34.9 Å². The number of amides is 1. The van der Waals surface area contributed by atoms with E-state index in [-0.39, 0.29) is 12.5 Å². The van der Waals surface area contributed by atoms with Crippen molar-refractivity contribution in [2.24, 2.45) is 0 Å². The minimum Gasteiger partial charge on any atom is -0.394 e. The van der Waals surface area contributed by atoms with Crippen molar-refractivity contribution >= 4 is 5.91 Å². The maximum absolute atomic E-state index is 12.4. The molecule has 4 nitrogen and oxygen atoms in total. The van der Waals surface area contributed by atoms with Gasteiger partial charge in [0.1, 0.15) is 0 Å². The maximum atomic E-state index is 12.4. The van der Waals surface area contributed by atoms with Crippen molar-refractivity contribution < 1.29 is 15.0 Å². The molecule has 2 unspecified atom stereocenters. The molecule has 67 heavy (non-hydrogen) atoms. The molecule has 0 saturated carbocycles. The second kappa shape index (κ2) is 56.9. The van der Waals surface area contributed by atoms with E-state index < -0.39 is 12.1 Å². The Bertz CT molecular complexity index is 1370. The summed E-state index contributed by atoms with van der Waals surface area (Å²) in [6, 6.07) is -0.646. The van der Waals surface area contributed by atoms with Gasteiger partial charge in [0, 0.05) is 6.42 Å². The quantitative estimate of drug-likeness (QED) is 0.0421. The Morgan fingerprint density at radius 2 is 0.672 bits per heavy atom. The molecule has 0 spiro atoms. The lowest BCUT2D eigenvalue weighted by Gasteiger charge is -2.19. The number of allylic oxidation sites excluding steroid dienone is 21. The van der Waals surface area contributed by atoms with Crippen molar-refractivity contribution in [3.63, 3.8) is 0 Å². The van der Waals surface area contributed by atoms with Gasteiger partial charge < -0.3 is 15.5 Å². The summed E-state index contributed by atoms with van der Waals surface area (Å²) < 4.78 is 0. The Kier molecular flexibility index (Phi) is 53.9. The maximum Gasteiger partial charge on any atom is 0.220 e. The highest BCUT2D eigenvalue weighted by Crippen LogP contribution is 2.14. The van der Waals surface area contributed by atoms with Gasteiger partial charge in [-0.3, -0.25) is 4.79 Å². The number of carbonyl (C=O) groups is 1. The van der Waals surface area contributed by atoms with E-state index in [0.29, 0.717) is 6.42 Å². The first-order chi connectivity index (χ1) is 33.2. The molecule has 1 amide bonds. The standard InChI is InChI=1S/C63H105NO3/c1-3-5-7-9-11-13-15-17-19-20-21-22-23-24-25-26-27-28-29-30-31-32-33-34-35-36-37-38-39-40-41-42-43-44-45-47-49-51-53-55-57-59-63(67)64-61(60-65)62(66)58-56-54-52-50-48-46-18-16-14-12-10-8-6-4-2/h5,7,11,13,17,19,21-22,24-25,27-28,30-31,33-34,36-37,48,50,56,58,61-62,65-66H,3-4,6,8-10,12,14-16,18,20,23,26,29,32,35,38-47,49,51-55,57,59-60H2,1-2H3,(H,64,67)/b7-5-,13-11-,19-17-,22-21-,25-24-,28-27-,31-30-,34-33-,37-36-,50-48+,58-56+. The fourth-order valence-electron chi connectivity index (χ4n) is 7.66. The van der Waals surface area contributed by atoms with Crippen molar-refractivity contribution in [2.45, 2.75) is 251 Å². The van der Waals surface area contributed by atoms with E-state index in [1.165, 1.54) is 128 Å². The predicted molar refractivity (Wildman–Crippen MR) is 299 cm³/mol. The van der Waals surface area contributed by atoms with Crippen LogP contribution in [0, 0.1) is 0 Å². The van der Waals surface area contributed by atoms with Crippen LogP contribution in [-0.2, 0) is 4.79 Å². The summed E-state index contributed by atoms with van der Waals surface area (Å²) in [5, 5.41) is 23.0. The number of carbonyl (C=O) groups excluding carboxylic acids is 1. The third-order valence-corrected chi connectivity index (χ3v) is 11.9. The van der Waals surface area contributed by atoms with Crippen LogP contribution >= 0.6 is 0 Å². The number of aliphatic hydroxyl groups excluding tert-OH is 2. The lowest BCUT2D eigenvalue weighted by molar-refractivity contribution is -0.123. The highest BCUT2D eigenvalue weighted by molar-refractivity contribution is 5.76. The molecule has 0 aliphatic heterocycles. The first kappa shape index (κ1) is 63.5. The molecule has 0 aliphatic carbocycles. The van der Waals surface area contributed by atoms with E-state index in [1.807, 2.05) is 6.08 Å². The third kappa shape index (κ3) is 53.4. The van der Waals surface area contributed by atoms with Gasteiger partial charge in [0.25, 0.3) is 0 Å². The molecular formula is C63H105NO3. The second-order valence-electron chi connectivity index (χ2n) is 18.3. The van der Waals surface area contributed by atoms with Gasteiger partial charge in [-0.05, 0) is 103 Å². The second-order valence-corrected chi connectivity index (χ2v) is 18.3. The zero-order valence-electron chi connectivity index (χ0n) is 43.6. The van der Waals surface area contributed by atoms with Crippen molar-refractivity contribution in [1.82, 2.24) is 5.32 Å². The molecule has 3 N–H and O–H groups in total. The molecular weight excluding hydrogens is 819 g/mol. The molecule has 0 bridgehead atoms. The predicted octanol–water partition coefficient (Wildman–Crippen LogP) is 18.6. The lowest BCUT2D eigenvalue weighted by Crippen LogP contribution is -2.45. The minimum atomic E-state index is -0.869. The van der Waals surface area contributed by atoms with Crippen molar-refractivity contribution in [1.29, 1.82) is 0 Å². The molecule has 0 aromatic heterocycles. The van der Waals surface area contributed by atoms with Crippen molar-refractivity contribution in [2.75, 3.05) is 6.61 Å². The van der Waals surface area contributed by atoms with E-state index in [2.05, 4.69) is 141 Å². The molecule has 0 aliphatic rings. The van der Waals surface area contributed by atoms with Crippen LogP contribution in [0.2, 0.25) is 0 Å². The molecule has 0 aromatic rings. The molecule has 0 fully saturated rings. The number of unbranched alkanes of at least 4 members (excludes halogenated alkanes) is 22. The van der Waals surface area contributed by atoms with Crippen molar-refractivity contribution in [3.05, 3.63) is 134 Å². The van der Waals surface area contributed by atoms with E-state index in [0.717, 1.165) is 89.9 Å². The summed E-state index contributed by atoms with van der Waals surface area (Å²) in [6.45, 7) is 4.17. The van der Waals surface area contributed by atoms with Gasteiger partial charge in [-0.25, -0.2) is 0 Å². The van der Waals surface area contributed by atoms with Crippen LogP contribution < -0.4 is 5.32 Å². The van der Waals surface area contributed by atoms with Crippen LogP contribution in [0.3, 0.4) is 0 Å². The lowest BCUT2D eigenvalue weighted by atomic mass is 10.0. The van der Waals surface area contributed by atoms with E-state index in [4.69, 9.17) is 0 Å². The topological polar surface area (TPSA) is 69.6 Å². The van der Waals surface area contributed by atoms with Crippen LogP contribution in [0.15, 0.2) is 134 Å². The van der Waals surface area contributed by atoms with Gasteiger partial charge in [-0.1, -0.05) is 263 Å². The molecule has 2 atom stereocenters. The van der Waals surface area contributed by atoms with Gasteiger partial charge >= 0.3 is 0 Å². The molecule has 380 valence electrons. The number of hydrogen-bond acceptors (Lipinski definition) is 3. The van der Waals surface area contributed by atoms with Gasteiger partial charge in [-0.15, -0.1) is 0 Å². The van der Waals surface area contributed by atoms with Crippen molar-refractivity contribution in [3.8, 4) is 0 Å². The van der Waals surface area contributed by atoms with Gasteiger partial charge in [0.05, 0.1) is 18.8 Å². The number of hydrogen-bond donors (Lipinski definition) is 3. The largest absolute Gasteiger partial charge is 0.394 e. The summed E-state index contributed by atoms with van der Waals surface area (Å²) in [5.74, 6) is -0.0805. The zero-order chi connectivity index (χ0) is 48.5. The first-order valence-electron chi connectivity index (χ1n) is 27.9. The molecule has 0 heterocycles. The smallest absolute Gasteiger partial charge is 0.220 e. The van der Waals surface area contributed by atoms with Gasteiger partial charge in [0.2, 0.25) is 5.91 Å². The molecule has 0 aromatic carbocycles. The average molecular weight is 925 g/mol. The monoisotopic (exact) mass is 924 g/mol. The number of nitrogens with one attached hydrogen (secondary N) is 1. The number of aliphatic hydroxyl groups is 2. The Hall–Kier alpha value is -3.47. The van der Waals surface area contributed by atoms with Gasteiger partial charge in [-0.2, -0.15) is 0 Å². The Morgan fingerprint density at radius 3 is 1.04 bits per heavy atom. The first-order valence-corrected chi connectivity index (χ1v) is 27.9. The van der Waals surface area contributed by atoms with Gasteiger partial charge in [0.15, 0.2) is 0 Å². The van der Waals surface area contributed by atoms with Crippen LogP contribution in [0.25, 0.3) is 0 Å². The average Bonchev–Trinajstić information content (AvgIpc) is 3.33. The fourth-order valence-corrected chi connectivity index (χ4v) is 7.66. The van der Waals surface area contributed by atoms with Crippen LogP contribution in [0.4, 0.5) is 0 Å². The van der Waals surface area contributed by atoms with E-state index in [1.54, 1.807) is 6.08 Å². The summed E-state index contributed by atoms with van der Waals surface area (Å²) in [4.78, 5) is 12.4. The summed E-state index contributed by atoms with van der Waals surface area (Å²) >= 11 is 0. The van der Waals surface area contributed by atoms with Crippen LogP contribution in [0.5, 0.6) is 0 Å². The molecule has 0 rings (SSSR count). The fraction of sp³-hybridized carbons (Fsp3) is 0.635. The normalized spacial score (nSPS) is 13.9. The molecule has 0 radical (unpaired) electrons. The Balaban J connectivity index is 3.59. The van der Waals surface area contributed by atoms with Crippen LogP contribution in [0.1, 0.15) is 239 Å². The minimum absolute atomic E-state index is 0.0805. The zero-order valence-corrected chi connectivity index (χ0v) is 43.6. The number of rotatable bonds is 49. The summed E-state index contributed by atoms with van der Waals surface area (Å²) in [6.07, 6.45) is 88.9. The van der Waals surface area contributed by atoms with E-state index in [9.17, 15) is 15.0 Å². The summed E-state index contributed by atoms with van der Waals surface area (Å²) in [5.41, 5.74) is 0. The third-order valence-electron chi connectivity index (χ3n) is 11.9. The summed E-state index contributed by atoms with van der Waals surface area (Å²) in [7, 11) is 0. The SMILES string of the molecule is CC/C=C\C/C=C\C/C=C\C/C=C\C/C=C\C/C=C\C/C=C\C/C=C\C/C=C\CCCCCCCCCCCCCCCC(=O)NC(CO)C(O)/C=C/CC/C=C/CCCCCCCCCC. The molecule has 0 saturated heterocycles. The Morgan fingerprint density at radius 1 is 0.373 bits per heavy atom.